The summed E-state index contributed by atoms with van der Waals surface area (Å²) in [6.07, 6.45) is 0.601. The zero-order valence-corrected chi connectivity index (χ0v) is 11.1. The van der Waals surface area contributed by atoms with E-state index in [1.807, 2.05) is 0 Å². The largest absolute Gasteiger partial charge is 0.324 e. The van der Waals surface area contributed by atoms with Crippen molar-refractivity contribution in [2.45, 2.75) is 32.2 Å². The van der Waals surface area contributed by atoms with Crippen molar-refractivity contribution in [3.05, 3.63) is 30.1 Å². The maximum atomic E-state index is 13.1. The summed E-state index contributed by atoms with van der Waals surface area (Å²) < 4.78 is 13.1. The van der Waals surface area contributed by atoms with Crippen molar-refractivity contribution in [2.24, 2.45) is 0 Å². The normalized spacial score (nSPS) is 16.4. The van der Waals surface area contributed by atoms with Crippen LogP contribution >= 0.6 is 0 Å². The zero-order valence-electron chi connectivity index (χ0n) is 11.1. The lowest BCUT2D eigenvalue weighted by atomic mass is 10.1. The first-order valence-electron chi connectivity index (χ1n) is 6.44. The van der Waals surface area contributed by atoms with Crippen LogP contribution in [0.25, 0.3) is 0 Å². The minimum absolute atomic E-state index is 0.141. The van der Waals surface area contributed by atoms with Crippen molar-refractivity contribution in [1.29, 1.82) is 0 Å². The zero-order chi connectivity index (χ0) is 14.7. The number of likely N-dealkylation sites (tertiary alicyclic amines) is 1. The first kappa shape index (κ1) is 14.2. The van der Waals surface area contributed by atoms with Gasteiger partial charge in [0.15, 0.2) is 0 Å². The summed E-state index contributed by atoms with van der Waals surface area (Å²) in [5.41, 5.74) is 0.299. The number of nitrogens with zero attached hydrogens (tertiary/aromatic N) is 1. The van der Waals surface area contributed by atoms with Crippen LogP contribution in [-0.4, -0.2) is 28.7 Å². The van der Waals surface area contributed by atoms with E-state index in [4.69, 9.17) is 0 Å². The molecule has 1 aliphatic rings. The molecule has 1 heterocycles. The van der Waals surface area contributed by atoms with Gasteiger partial charge in [-0.3, -0.25) is 19.3 Å². The molecule has 106 valence electrons. The summed E-state index contributed by atoms with van der Waals surface area (Å²) in [6.45, 7) is 1.72. The van der Waals surface area contributed by atoms with Gasteiger partial charge in [0.05, 0.1) is 0 Å². The van der Waals surface area contributed by atoms with E-state index in [0.29, 0.717) is 12.1 Å². The van der Waals surface area contributed by atoms with Crippen LogP contribution in [0.4, 0.5) is 10.1 Å². The number of imide groups is 1. The number of rotatable bonds is 4. The highest BCUT2D eigenvalue weighted by molar-refractivity contribution is 6.07. The molecule has 0 bridgehead atoms. The molecule has 5 nitrogen and oxygen atoms in total. The fraction of sp³-hybridized carbons (Fsp3) is 0.357. The third-order valence-electron chi connectivity index (χ3n) is 3.18. The second kappa shape index (κ2) is 5.81. The Morgan fingerprint density at radius 1 is 1.35 bits per heavy atom. The van der Waals surface area contributed by atoms with E-state index in [-0.39, 0.29) is 24.7 Å². The number of benzene rings is 1. The van der Waals surface area contributed by atoms with Gasteiger partial charge in [-0.2, -0.15) is 0 Å². The molecule has 0 aromatic heterocycles. The third-order valence-corrected chi connectivity index (χ3v) is 3.18. The molecular formula is C14H15FN2O3. The highest BCUT2D eigenvalue weighted by atomic mass is 19.1. The Morgan fingerprint density at radius 3 is 2.55 bits per heavy atom. The standard InChI is InChI=1S/C14H15FN2O3/c1-2-11(17-12(18)6-7-13(17)19)14(20)16-10-5-3-4-9(15)8-10/h3-5,8,11H,2,6-7H2,1H3,(H,16,20). The van der Waals surface area contributed by atoms with Crippen LogP contribution in [0.15, 0.2) is 24.3 Å². The SMILES string of the molecule is CCC(C(=O)Nc1cccc(F)c1)N1C(=O)CCC1=O. The van der Waals surface area contributed by atoms with E-state index in [1.54, 1.807) is 13.0 Å². The Balaban J connectivity index is 2.13. The van der Waals surface area contributed by atoms with Crippen LogP contribution in [0.2, 0.25) is 0 Å². The van der Waals surface area contributed by atoms with Crippen LogP contribution in [-0.2, 0) is 14.4 Å². The Bertz CT molecular complexity index is 543. The molecule has 1 fully saturated rings. The van der Waals surface area contributed by atoms with E-state index < -0.39 is 17.8 Å². The minimum atomic E-state index is -0.847. The van der Waals surface area contributed by atoms with Crippen molar-refractivity contribution in [3.63, 3.8) is 0 Å². The van der Waals surface area contributed by atoms with E-state index >= 15 is 0 Å². The van der Waals surface area contributed by atoms with Gasteiger partial charge in [-0.25, -0.2) is 4.39 Å². The van der Waals surface area contributed by atoms with Gasteiger partial charge in [-0.1, -0.05) is 13.0 Å². The monoisotopic (exact) mass is 278 g/mol. The molecule has 1 unspecified atom stereocenters. The smallest absolute Gasteiger partial charge is 0.247 e. The fourth-order valence-corrected chi connectivity index (χ4v) is 2.22. The number of hydrogen-bond acceptors (Lipinski definition) is 3. The van der Waals surface area contributed by atoms with Crippen molar-refractivity contribution < 1.29 is 18.8 Å². The van der Waals surface area contributed by atoms with Gasteiger partial charge in [0.1, 0.15) is 11.9 Å². The third kappa shape index (κ3) is 2.84. The average Bonchev–Trinajstić information content (AvgIpc) is 2.72. The van der Waals surface area contributed by atoms with Gasteiger partial charge in [-0.15, -0.1) is 0 Å². The van der Waals surface area contributed by atoms with Crippen molar-refractivity contribution >= 4 is 23.4 Å². The topological polar surface area (TPSA) is 66.5 Å². The van der Waals surface area contributed by atoms with Gasteiger partial charge >= 0.3 is 0 Å². The highest BCUT2D eigenvalue weighted by Crippen LogP contribution is 2.19. The number of carbonyl (C=O) groups is 3. The molecule has 20 heavy (non-hydrogen) atoms. The molecule has 1 atom stereocenters. The van der Waals surface area contributed by atoms with Crippen molar-refractivity contribution in [1.82, 2.24) is 4.90 Å². The summed E-state index contributed by atoms with van der Waals surface area (Å²) in [6, 6.07) is 4.61. The number of anilines is 1. The van der Waals surface area contributed by atoms with E-state index in [2.05, 4.69) is 5.32 Å². The van der Waals surface area contributed by atoms with Crippen molar-refractivity contribution in [3.8, 4) is 0 Å². The molecule has 1 aromatic carbocycles. The quantitative estimate of drug-likeness (QED) is 0.852. The highest BCUT2D eigenvalue weighted by Gasteiger charge is 2.37. The average molecular weight is 278 g/mol. The molecule has 0 saturated carbocycles. The molecule has 0 radical (unpaired) electrons. The van der Waals surface area contributed by atoms with E-state index in [0.717, 1.165) is 4.90 Å². The number of nitrogens with one attached hydrogen (secondary N) is 1. The summed E-state index contributed by atoms with van der Waals surface area (Å²) in [5.74, 6) is -1.63. The van der Waals surface area contributed by atoms with Crippen LogP contribution in [0, 0.1) is 5.82 Å². The van der Waals surface area contributed by atoms with Gasteiger partial charge in [0.25, 0.3) is 0 Å². The van der Waals surface area contributed by atoms with Crippen molar-refractivity contribution in [2.75, 3.05) is 5.32 Å². The molecule has 1 aromatic rings. The maximum absolute atomic E-state index is 13.1. The van der Waals surface area contributed by atoms with Gasteiger partial charge in [-0.05, 0) is 24.6 Å². The molecule has 0 spiro atoms. The Kier molecular flexibility index (Phi) is 4.12. The van der Waals surface area contributed by atoms with Gasteiger partial charge in [0, 0.05) is 18.5 Å². The summed E-state index contributed by atoms with van der Waals surface area (Å²) in [4.78, 5) is 36.5. The van der Waals surface area contributed by atoms with Crippen LogP contribution in [0.5, 0.6) is 0 Å². The lowest BCUT2D eigenvalue weighted by Crippen LogP contribution is -2.46. The minimum Gasteiger partial charge on any atom is -0.324 e. The molecule has 1 aliphatic heterocycles. The summed E-state index contributed by atoms with van der Waals surface area (Å²) in [5, 5.41) is 2.53. The second-order valence-corrected chi connectivity index (χ2v) is 4.58. The number of amides is 3. The number of carbonyl (C=O) groups excluding carboxylic acids is 3. The fourth-order valence-electron chi connectivity index (χ4n) is 2.22. The number of halogens is 1. The Morgan fingerprint density at radius 2 is 2.00 bits per heavy atom. The van der Waals surface area contributed by atoms with E-state index in [9.17, 15) is 18.8 Å². The lowest BCUT2D eigenvalue weighted by molar-refractivity contribution is -0.145. The predicted molar refractivity (Wildman–Crippen MR) is 70.2 cm³/mol. The molecule has 6 heteroatoms. The first-order chi connectivity index (χ1) is 9.52. The van der Waals surface area contributed by atoms with Crippen LogP contribution in [0.3, 0.4) is 0 Å². The van der Waals surface area contributed by atoms with Gasteiger partial charge in [0.2, 0.25) is 17.7 Å². The second-order valence-electron chi connectivity index (χ2n) is 4.58. The van der Waals surface area contributed by atoms with Crippen LogP contribution < -0.4 is 5.32 Å². The maximum Gasteiger partial charge on any atom is 0.247 e. The predicted octanol–water partition coefficient (Wildman–Crippen LogP) is 1.69. The first-order valence-corrected chi connectivity index (χ1v) is 6.44. The van der Waals surface area contributed by atoms with Gasteiger partial charge < -0.3 is 5.32 Å². The number of hydrogen-bond donors (Lipinski definition) is 1. The van der Waals surface area contributed by atoms with Crippen LogP contribution in [0.1, 0.15) is 26.2 Å². The lowest BCUT2D eigenvalue weighted by Gasteiger charge is -2.24. The Hall–Kier alpha value is -2.24. The van der Waals surface area contributed by atoms with E-state index in [1.165, 1.54) is 18.2 Å². The molecule has 1 N–H and O–H groups in total. The molecule has 0 aliphatic carbocycles. The molecule has 2 rings (SSSR count). The molecular weight excluding hydrogens is 263 g/mol. The summed E-state index contributed by atoms with van der Waals surface area (Å²) >= 11 is 0. The summed E-state index contributed by atoms with van der Waals surface area (Å²) in [7, 11) is 0. The molecule has 1 saturated heterocycles. The Labute approximate surface area is 115 Å². The molecule has 3 amide bonds.